The van der Waals surface area contributed by atoms with E-state index in [9.17, 15) is 0 Å². The first kappa shape index (κ1) is 13.6. The minimum Gasteiger partial charge on any atom is -0.370 e. The van der Waals surface area contributed by atoms with Gasteiger partial charge in [0.15, 0.2) is 11.0 Å². The molecule has 0 spiro atoms. The second-order valence-corrected chi connectivity index (χ2v) is 5.21. The molecule has 0 unspecified atom stereocenters. The lowest BCUT2D eigenvalue weighted by molar-refractivity contribution is 0.963. The third-order valence-corrected chi connectivity index (χ3v) is 3.50. The number of nitrogens with zero attached hydrogens (tertiary/aromatic N) is 4. The Hall–Kier alpha value is -2.41. The Labute approximate surface area is 126 Å². The summed E-state index contributed by atoms with van der Waals surface area (Å²) in [6, 6.07) is 11.8. The van der Waals surface area contributed by atoms with E-state index >= 15 is 0 Å². The minimum atomic E-state index is 0.691. The topological polar surface area (TPSA) is 79.4 Å². The zero-order valence-corrected chi connectivity index (χ0v) is 12.3. The lowest BCUT2D eigenvalue weighted by atomic mass is 10.2. The highest BCUT2D eigenvalue weighted by molar-refractivity contribution is 7.99. The molecule has 0 fully saturated rings. The van der Waals surface area contributed by atoms with Crippen LogP contribution < -0.4 is 5.32 Å². The fourth-order valence-corrected chi connectivity index (χ4v) is 2.51. The Balaban J connectivity index is 1.97. The monoisotopic (exact) mass is 298 g/mol. The van der Waals surface area contributed by atoms with Crippen molar-refractivity contribution in [3.63, 3.8) is 0 Å². The molecule has 6 nitrogen and oxygen atoms in total. The van der Waals surface area contributed by atoms with E-state index in [2.05, 4.69) is 30.5 Å². The van der Waals surface area contributed by atoms with Crippen LogP contribution in [0.25, 0.3) is 11.4 Å². The van der Waals surface area contributed by atoms with Crippen molar-refractivity contribution < 1.29 is 0 Å². The highest BCUT2D eigenvalue weighted by Gasteiger charge is 2.09. The molecule has 0 amide bonds. The molecular formula is C14H14N6S. The molecule has 7 heteroatoms. The first-order chi connectivity index (χ1) is 10.3. The molecule has 3 aromatic rings. The van der Waals surface area contributed by atoms with Crippen molar-refractivity contribution in [3.8, 4) is 11.4 Å². The van der Waals surface area contributed by atoms with Gasteiger partial charge in [-0.1, -0.05) is 30.3 Å². The summed E-state index contributed by atoms with van der Waals surface area (Å²) >= 11 is 1.42. The normalized spacial score (nSPS) is 10.5. The van der Waals surface area contributed by atoms with Crippen molar-refractivity contribution in [2.75, 3.05) is 11.9 Å². The van der Waals surface area contributed by atoms with Crippen molar-refractivity contribution in [1.82, 2.24) is 25.1 Å². The molecule has 0 aliphatic heterocycles. The highest BCUT2D eigenvalue weighted by Crippen LogP contribution is 2.26. The number of rotatable bonds is 5. The average Bonchev–Trinajstić information content (AvgIpc) is 3.01. The Morgan fingerprint density at radius 3 is 2.76 bits per heavy atom. The van der Waals surface area contributed by atoms with Crippen molar-refractivity contribution in [2.24, 2.45) is 0 Å². The van der Waals surface area contributed by atoms with Gasteiger partial charge in [0.1, 0.15) is 17.2 Å². The number of hydrogen-bond donors (Lipinski definition) is 2. The van der Waals surface area contributed by atoms with Crippen molar-refractivity contribution in [3.05, 3.63) is 42.7 Å². The van der Waals surface area contributed by atoms with E-state index in [1.165, 1.54) is 18.1 Å². The van der Waals surface area contributed by atoms with Crippen LogP contribution in [0.4, 0.5) is 5.82 Å². The van der Waals surface area contributed by atoms with E-state index in [-0.39, 0.29) is 0 Å². The average molecular weight is 298 g/mol. The van der Waals surface area contributed by atoms with E-state index in [4.69, 9.17) is 0 Å². The molecular weight excluding hydrogens is 284 g/mol. The summed E-state index contributed by atoms with van der Waals surface area (Å²) in [5.41, 5.74) is 0.983. The van der Waals surface area contributed by atoms with Gasteiger partial charge in [-0.05, 0) is 18.7 Å². The van der Waals surface area contributed by atoms with Gasteiger partial charge < -0.3 is 5.32 Å². The molecule has 0 saturated carbocycles. The van der Waals surface area contributed by atoms with Crippen molar-refractivity contribution in [2.45, 2.75) is 17.1 Å². The molecule has 106 valence electrons. The quantitative estimate of drug-likeness (QED) is 0.705. The molecule has 2 heterocycles. The van der Waals surface area contributed by atoms with Gasteiger partial charge >= 0.3 is 0 Å². The summed E-state index contributed by atoms with van der Waals surface area (Å²) in [5.74, 6) is 1.49. The van der Waals surface area contributed by atoms with Gasteiger partial charge in [-0.25, -0.2) is 15.0 Å². The van der Waals surface area contributed by atoms with Gasteiger partial charge in [-0.15, -0.1) is 0 Å². The Bertz CT molecular complexity index is 699. The number of hydrogen-bond acceptors (Lipinski definition) is 6. The third-order valence-electron chi connectivity index (χ3n) is 2.69. The van der Waals surface area contributed by atoms with Crippen LogP contribution in [0.15, 0.2) is 52.9 Å². The molecule has 0 aliphatic carbocycles. The van der Waals surface area contributed by atoms with Gasteiger partial charge in [-0.3, -0.25) is 5.10 Å². The second kappa shape index (κ2) is 6.36. The lowest BCUT2D eigenvalue weighted by Crippen LogP contribution is -2.02. The van der Waals surface area contributed by atoms with Crippen LogP contribution in [-0.4, -0.2) is 31.7 Å². The fourth-order valence-electron chi connectivity index (χ4n) is 1.81. The number of anilines is 1. The summed E-state index contributed by atoms with van der Waals surface area (Å²) in [6.07, 6.45) is 1.48. The van der Waals surface area contributed by atoms with Crippen LogP contribution in [0.2, 0.25) is 0 Å². The van der Waals surface area contributed by atoms with Gasteiger partial charge in [-0.2, -0.15) is 5.10 Å². The maximum Gasteiger partial charge on any atom is 0.189 e. The van der Waals surface area contributed by atoms with Gasteiger partial charge in [0.25, 0.3) is 0 Å². The first-order valence-corrected chi connectivity index (χ1v) is 7.38. The Morgan fingerprint density at radius 1 is 1.19 bits per heavy atom. The van der Waals surface area contributed by atoms with Crippen LogP contribution in [0.1, 0.15) is 6.92 Å². The van der Waals surface area contributed by atoms with Crippen LogP contribution in [0.5, 0.6) is 0 Å². The maximum absolute atomic E-state index is 4.58. The maximum atomic E-state index is 4.58. The molecule has 0 bridgehead atoms. The van der Waals surface area contributed by atoms with Crippen LogP contribution in [-0.2, 0) is 0 Å². The summed E-state index contributed by atoms with van der Waals surface area (Å²) in [6.45, 7) is 2.84. The lowest BCUT2D eigenvalue weighted by Gasteiger charge is -2.08. The SMILES string of the molecule is CCNc1cc(Sc2ncn[nH]2)nc(-c2ccccc2)n1. The van der Waals surface area contributed by atoms with Gasteiger partial charge in [0.2, 0.25) is 0 Å². The van der Waals surface area contributed by atoms with E-state index < -0.39 is 0 Å². The number of benzene rings is 1. The zero-order chi connectivity index (χ0) is 14.5. The molecule has 0 aliphatic rings. The minimum absolute atomic E-state index is 0.691. The van der Waals surface area contributed by atoms with E-state index in [0.717, 1.165) is 23.0 Å². The smallest absolute Gasteiger partial charge is 0.189 e. The van der Waals surface area contributed by atoms with Crippen LogP contribution >= 0.6 is 11.8 Å². The van der Waals surface area contributed by atoms with E-state index in [1.807, 2.05) is 43.3 Å². The molecule has 3 rings (SSSR count). The summed E-state index contributed by atoms with van der Waals surface area (Å²) in [4.78, 5) is 13.2. The predicted octanol–water partition coefficient (Wildman–Crippen LogP) is 2.84. The number of nitrogens with one attached hydrogen (secondary N) is 2. The fraction of sp³-hybridized carbons (Fsp3) is 0.143. The predicted molar refractivity (Wildman–Crippen MR) is 82.1 cm³/mol. The number of aromatic nitrogens is 5. The molecule has 0 radical (unpaired) electrons. The molecule has 2 aromatic heterocycles. The van der Waals surface area contributed by atoms with Gasteiger partial charge in [0, 0.05) is 18.2 Å². The zero-order valence-electron chi connectivity index (χ0n) is 11.4. The van der Waals surface area contributed by atoms with Crippen molar-refractivity contribution in [1.29, 1.82) is 0 Å². The van der Waals surface area contributed by atoms with E-state index in [0.29, 0.717) is 11.0 Å². The molecule has 2 N–H and O–H groups in total. The number of aromatic amines is 1. The van der Waals surface area contributed by atoms with E-state index in [1.54, 1.807) is 0 Å². The standard InChI is InChI=1S/C14H14N6S/c1-2-15-11-8-12(21-14-16-9-17-20-14)19-13(18-11)10-6-4-3-5-7-10/h3-9H,2H2,1H3,(H,15,18,19)(H,16,17,20). The first-order valence-electron chi connectivity index (χ1n) is 6.56. The Morgan fingerprint density at radius 2 is 2.05 bits per heavy atom. The summed E-state index contributed by atoms with van der Waals surface area (Å²) in [5, 5.41) is 11.4. The highest BCUT2D eigenvalue weighted by atomic mass is 32.2. The van der Waals surface area contributed by atoms with Crippen LogP contribution in [0, 0.1) is 0 Å². The molecule has 0 atom stereocenters. The second-order valence-electron chi connectivity index (χ2n) is 4.20. The molecule has 21 heavy (non-hydrogen) atoms. The third kappa shape index (κ3) is 3.38. The molecule has 1 aromatic carbocycles. The molecule has 0 saturated heterocycles. The number of H-pyrrole nitrogens is 1. The summed E-state index contributed by atoms with van der Waals surface area (Å²) < 4.78 is 0. The largest absolute Gasteiger partial charge is 0.370 e. The Kier molecular flexibility index (Phi) is 4.11. The van der Waals surface area contributed by atoms with Crippen LogP contribution in [0.3, 0.4) is 0 Å². The van der Waals surface area contributed by atoms with Gasteiger partial charge in [0.05, 0.1) is 0 Å². The van der Waals surface area contributed by atoms with Crippen molar-refractivity contribution >= 4 is 17.6 Å². The summed E-state index contributed by atoms with van der Waals surface area (Å²) in [7, 11) is 0.